The van der Waals surface area contributed by atoms with Crippen LogP contribution in [0.3, 0.4) is 0 Å². The van der Waals surface area contributed by atoms with Crippen LogP contribution in [0, 0.1) is 0 Å². The van der Waals surface area contributed by atoms with Gasteiger partial charge in [0.1, 0.15) is 0 Å². The summed E-state index contributed by atoms with van der Waals surface area (Å²) in [4.78, 5) is 1.19. The zero-order chi connectivity index (χ0) is 4.99. The first-order valence-corrected chi connectivity index (χ1v) is 4.41. The maximum atomic E-state index is 8.08. The third-order valence-corrected chi connectivity index (χ3v) is 1.57. The van der Waals surface area contributed by atoms with Gasteiger partial charge in [0.15, 0.2) is 0 Å². The van der Waals surface area contributed by atoms with Crippen LogP contribution in [-0.4, -0.2) is 23.5 Å². The second-order valence-corrected chi connectivity index (χ2v) is 2.82. The molecule has 0 aromatic rings. The van der Waals surface area contributed by atoms with E-state index >= 15 is 0 Å². The van der Waals surface area contributed by atoms with Gasteiger partial charge in [-0.3, -0.25) is 0 Å². The molecular formula is C2H4AsClO2. The molecule has 0 atom stereocenters. The Morgan fingerprint density at radius 2 is 2.00 bits per heavy atom. The molecule has 0 aromatic carbocycles. The molecule has 0 amide bonds. The van der Waals surface area contributed by atoms with E-state index in [2.05, 4.69) is 0 Å². The van der Waals surface area contributed by atoms with Crippen molar-refractivity contribution in [3.8, 4) is 0 Å². The van der Waals surface area contributed by atoms with E-state index in [4.69, 9.17) is 19.8 Å². The number of hydrogen-bond donors (Lipinski definition) is 2. The molecule has 4 heteroatoms. The molecule has 36 valence electrons. The van der Waals surface area contributed by atoms with Gasteiger partial charge in [0, 0.05) is 0 Å². The van der Waals surface area contributed by atoms with Crippen molar-refractivity contribution in [1.82, 2.24) is 0 Å². The van der Waals surface area contributed by atoms with Gasteiger partial charge in [-0.25, -0.2) is 0 Å². The third-order valence-electron chi connectivity index (χ3n) is 0.190. The van der Waals surface area contributed by atoms with E-state index in [0.717, 1.165) is 5.54 Å². The van der Waals surface area contributed by atoms with Crippen molar-refractivity contribution >= 4 is 26.9 Å². The van der Waals surface area contributed by atoms with E-state index in [1.807, 2.05) is 0 Å². The Bertz CT molecular complexity index is 53.5. The van der Waals surface area contributed by atoms with Crippen LogP contribution in [0.25, 0.3) is 0 Å². The van der Waals surface area contributed by atoms with Gasteiger partial charge in [-0.15, -0.1) is 0 Å². The Morgan fingerprint density at radius 1 is 1.50 bits per heavy atom. The summed E-state index contributed by atoms with van der Waals surface area (Å²) in [6.45, 7) is 0. The van der Waals surface area contributed by atoms with E-state index in [0.29, 0.717) is 0 Å². The molecule has 0 saturated heterocycles. The summed E-state index contributed by atoms with van der Waals surface area (Å²) < 4.78 is 16.2. The Balaban J connectivity index is 3.03. The fraction of sp³-hybridized carbons (Fsp3) is 0. The average Bonchev–Trinajstić information content (AvgIpc) is 1.35. The van der Waals surface area contributed by atoms with Crippen LogP contribution in [0.5, 0.6) is 0 Å². The topological polar surface area (TPSA) is 40.5 Å². The summed E-state index contributed by atoms with van der Waals surface area (Å²) in [5.74, 6) is 0. The van der Waals surface area contributed by atoms with Crippen LogP contribution in [0.1, 0.15) is 0 Å². The summed E-state index contributed by atoms with van der Waals surface area (Å²) in [6.07, 6.45) is 0. The normalized spacial score (nSPS) is 11.3. The molecule has 0 spiro atoms. The predicted molar refractivity (Wildman–Crippen MR) is 25.2 cm³/mol. The Kier molecular flexibility index (Phi) is 4.00. The Hall–Kier alpha value is 0.508. The number of halogens is 1. The molecular weight excluding hydrogens is 166 g/mol. The van der Waals surface area contributed by atoms with Gasteiger partial charge in [0.25, 0.3) is 0 Å². The van der Waals surface area contributed by atoms with Crippen LogP contribution < -0.4 is 0 Å². The Labute approximate surface area is 46.0 Å². The molecule has 6 heavy (non-hydrogen) atoms. The molecule has 0 aliphatic carbocycles. The second-order valence-electron chi connectivity index (χ2n) is 0.595. The molecule has 0 unspecified atom stereocenters. The molecule has 0 rings (SSSR count). The van der Waals surface area contributed by atoms with Gasteiger partial charge in [-0.1, -0.05) is 0 Å². The minimum absolute atomic E-state index is 1.11. The third kappa shape index (κ3) is 4.51. The standard InChI is InChI=1S/C2H4AsClO2/c4-2-1-3(5)6/h1-2,5-6H. The monoisotopic (exact) mass is 170 g/mol. The van der Waals surface area contributed by atoms with Crippen LogP contribution >= 0.6 is 11.6 Å². The first-order valence-electron chi connectivity index (χ1n) is 1.21. The molecule has 0 heterocycles. The zero-order valence-electron chi connectivity index (χ0n) is 2.87. The fourth-order valence-electron chi connectivity index (χ4n) is 0.0504. The number of hydrogen-bond acceptors (Lipinski definition) is 2. The van der Waals surface area contributed by atoms with Gasteiger partial charge in [0.2, 0.25) is 0 Å². The van der Waals surface area contributed by atoms with Crippen molar-refractivity contribution in [2.24, 2.45) is 0 Å². The summed E-state index contributed by atoms with van der Waals surface area (Å²) >= 11 is 2.40. The van der Waals surface area contributed by atoms with Crippen LogP contribution in [0.4, 0.5) is 0 Å². The molecule has 0 fully saturated rings. The van der Waals surface area contributed by atoms with Gasteiger partial charge >= 0.3 is 45.5 Å². The van der Waals surface area contributed by atoms with Crippen molar-refractivity contribution in [3.63, 3.8) is 0 Å². The predicted octanol–water partition coefficient (Wildman–Crippen LogP) is -0.249. The van der Waals surface area contributed by atoms with Crippen molar-refractivity contribution < 1.29 is 8.19 Å². The van der Waals surface area contributed by atoms with Crippen LogP contribution in [0.2, 0.25) is 0 Å². The summed E-state index contributed by atoms with van der Waals surface area (Å²) in [5, 5.41) is 0. The minimum atomic E-state index is -2.54. The van der Waals surface area contributed by atoms with Gasteiger partial charge < -0.3 is 0 Å². The molecule has 0 aliphatic heterocycles. The maximum absolute atomic E-state index is 8.08. The quantitative estimate of drug-likeness (QED) is 0.533. The Morgan fingerprint density at radius 3 is 2.00 bits per heavy atom. The van der Waals surface area contributed by atoms with Crippen LogP contribution in [-0.2, 0) is 0 Å². The van der Waals surface area contributed by atoms with E-state index < -0.39 is 15.3 Å². The van der Waals surface area contributed by atoms with E-state index in [-0.39, 0.29) is 0 Å². The van der Waals surface area contributed by atoms with Crippen molar-refractivity contribution in [1.29, 1.82) is 0 Å². The molecule has 0 bridgehead atoms. The number of rotatable bonds is 1. The van der Waals surface area contributed by atoms with Gasteiger partial charge in [-0.2, -0.15) is 0 Å². The molecule has 2 N–H and O–H groups in total. The molecule has 2 nitrogen and oxygen atoms in total. The fourth-order valence-corrected chi connectivity index (χ4v) is 0.786. The summed E-state index contributed by atoms with van der Waals surface area (Å²) in [7, 11) is 0. The van der Waals surface area contributed by atoms with Crippen molar-refractivity contribution in [3.05, 3.63) is 10.4 Å². The first kappa shape index (κ1) is 6.51. The van der Waals surface area contributed by atoms with Crippen molar-refractivity contribution in [2.45, 2.75) is 0 Å². The van der Waals surface area contributed by atoms with E-state index in [9.17, 15) is 0 Å². The average molecular weight is 170 g/mol. The van der Waals surface area contributed by atoms with Crippen molar-refractivity contribution in [2.75, 3.05) is 0 Å². The molecule has 0 saturated carbocycles. The first-order chi connectivity index (χ1) is 2.77. The van der Waals surface area contributed by atoms with Crippen LogP contribution in [0.15, 0.2) is 10.4 Å². The van der Waals surface area contributed by atoms with Gasteiger partial charge in [0.05, 0.1) is 0 Å². The van der Waals surface area contributed by atoms with E-state index in [1.54, 1.807) is 0 Å². The zero-order valence-corrected chi connectivity index (χ0v) is 5.51. The SMILES string of the molecule is O[As](O)C=CCl. The molecule has 0 radical (unpaired) electrons. The second kappa shape index (κ2) is 3.69. The van der Waals surface area contributed by atoms with Gasteiger partial charge in [-0.05, 0) is 0 Å². The summed E-state index contributed by atoms with van der Waals surface area (Å²) in [5.41, 5.74) is 1.11. The van der Waals surface area contributed by atoms with E-state index in [1.165, 1.54) is 4.86 Å². The molecule has 0 aliphatic rings. The summed E-state index contributed by atoms with van der Waals surface area (Å²) in [6, 6.07) is 0. The molecule has 0 aromatic heterocycles.